The third kappa shape index (κ3) is 3.51. The van der Waals surface area contributed by atoms with E-state index in [1.807, 2.05) is 72.8 Å². The lowest BCUT2D eigenvalue weighted by Gasteiger charge is -1.99. The summed E-state index contributed by atoms with van der Waals surface area (Å²) in [5.41, 5.74) is 32.5. The number of nitrogens with two attached hydrogens (primary N) is 4. The first-order valence-corrected chi connectivity index (χ1v) is 13.8. The fourth-order valence-electron chi connectivity index (χ4n) is 5.86. The maximum Gasteiger partial charge on any atom is 0.164 e. The second-order valence-corrected chi connectivity index (χ2v) is 10.8. The van der Waals surface area contributed by atoms with Crippen molar-refractivity contribution in [2.24, 2.45) is 0 Å². The van der Waals surface area contributed by atoms with Crippen molar-refractivity contribution in [2.45, 2.75) is 0 Å². The molecule has 0 fully saturated rings. The first-order valence-electron chi connectivity index (χ1n) is 13.8. The predicted molar refractivity (Wildman–Crippen MR) is 174 cm³/mol. The lowest BCUT2D eigenvalue weighted by molar-refractivity contribution is 1.19. The van der Waals surface area contributed by atoms with Crippen LogP contribution >= 0.6 is 0 Å². The number of rotatable bonds is 0. The highest BCUT2D eigenvalue weighted by Gasteiger charge is 2.22. The van der Waals surface area contributed by atoms with Crippen LogP contribution in [0.3, 0.4) is 0 Å². The van der Waals surface area contributed by atoms with Gasteiger partial charge in [0.05, 0.1) is 0 Å². The summed E-state index contributed by atoms with van der Waals surface area (Å²) >= 11 is 0. The number of aromatic amines is 2. The van der Waals surface area contributed by atoms with Crippen LogP contribution in [-0.2, 0) is 0 Å². The molecule has 12 heteroatoms. The standard InChI is InChI=1S/C32H22N12/c33-13-1-5-17-21(9-13)29-38-25(17)37-26-18-6-2-14(34)10-22(18)30(39-26)41-28-20-8-4-16(36)12-24(20)32(43-28)44-31-23-11-15(35)3-7-19(23)27(40-29)42-31/h1-12H,33-36H2,(H2,37,38,39,40,41,42,43,44). The van der Waals surface area contributed by atoms with Crippen LogP contribution in [0.15, 0.2) is 72.8 Å². The van der Waals surface area contributed by atoms with Crippen molar-refractivity contribution in [3.63, 3.8) is 0 Å². The number of anilines is 4. The Morgan fingerprint density at radius 3 is 1.11 bits per heavy atom. The zero-order valence-electron chi connectivity index (χ0n) is 22.9. The Morgan fingerprint density at radius 2 is 0.682 bits per heavy atom. The van der Waals surface area contributed by atoms with Crippen LogP contribution in [0, 0.1) is 0 Å². The van der Waals surface area contributed by atoms with Crippen molar-refractivity contribution in [1.29, 1.82) is 0 Å². The summed E-state index contributed by atoms with van der Waals surface area (Å²) < 4.78 is 0. The van der Waals surface area contributed by atoms with E-state index in [2.05, 4.69) is 9.97 Å². The molecule has 9 rings (SSSR count). The minimum absolute atomic E-state index is 0.447. The summed E-state index contributed by atoms with van der Waals surface area (Å²) in [6.45, 7) is 0. The number of benzene rings is 4. The van der Waals surface area contributed by atoms with Crippen molar-refractivity contribution >= 4 is 66.9 Å². The number of nitrogens with zero attached hydrogens (tertiary/aromatic N) is 6. The van der Waals surface area contributed by atoms with Gasteiger partial charge in [-0.05, 0) is 72.8 Å². The van der Waals surface area contributed by atoms with Gasteiger partial charge in [0.1, 0.15) is 22.6 Å². The van der Waals surface area contributed by atoms with Crippen LogP contribution in [0.25, 0.3) is 89.7 Å². The van der Waals surface area contributed by atoms with Crippen molar-refractivity contribution in [3.8, 4) is 45.6 Å². The first kappa shape index (κ1) is 24.1. The molecule has 10 N–H and O–H groups in total. The van der Waals surface area contributed by atoms with Gasteiger partial charge in [-0.3, -0.25) is 0 Å². The second kappa shape index (κ2) is 8.49. The molecule has 2 aliphatic heterocycles. The predicted octanol–water partition coefficient (Wildman–Crippen LogP) is 5.20. The minimum Gasteiger partial charge on any atom is -0.399 e. The molecule has 0 saturated heterocycles. The van der Waals surface area contributed by atoms with E-state index in [9.17, 15) is 0 Å². The van der Waals surface area contributed by atoms with Crippen molar-refractivity contribution in [1.82, 2.24) is 39.9 Å². The van der Waals surface area contributed by atoms with Gasteiger partial charge in [-0.25, -0.2) is 29.9 Å². The number of nitrogen functional groups attached to an aromatic ring is 4. The van der Waals surface area contributed by atoms with Gasteiger partial charge in [0.15, 0.2) is 23.3 Å². The van der Waals surface area contributed by atoms with Crippen LogP contribution < -0.4 is 22.9 Å². The van der Waals surface area contributed by atoms with Crippen LogP contribution in [0.2, 0.25) is 0 Å². The zero-order valence-corrected chi connectivity index (χ0v) is 22.9. The van der Waals surface area contributed by atoms with E-state index in [4.69, 9.17) is 52.8 Å². The number of aromatic nitrogens is 8. The summed E-state index contributed by atoms with van der Waals surface area (Å²) in [7, 11) is 0. The summed E-state index contributed by atoms with van der Waals surface area (Å²) in [5.74, 6) is 1.86. The molecule has 2 aliphatic rings. The average molecular weight is 575 g/mol. The molecule has 0 radical (unpaired) electrons. The molecule has 0 amide bonds. The molecule has 4 aromatic carbocycles. The van der Waals surface area contributed by atoms with Gasteiger partial charge in [-0.15, -0.1) is 0 Å². The number of nitrogens with one attached hydrogen (secondary N) is 2. The first-order chi connectivity index (χ1) is 21.4. The molecular weight excluding hydrogens is 552 g/mol. The highest BCUT2D eigenvalue weighted by molar-refractivity contribution is 6.07. The normalized spacial score (nSPS) is 12.0. The third-order valence-corrected chi connectivity index (χ3v) is 7.93. The topological polar surface area (TPSA) is 213 Å². The van der Waals surface area contributed by atoms with Gasteiger partial charge in [0.2, 0.25) is 0 Å². The number of hydrogen-bond acceptors (Lipinski definition) is 10. The Bertz CT molecular complexity index is 2560. The lowest BCUT2D eigenvalue weighted by atomic mass is 10.1. The summed E-state index contributed by atoms with van der Waals surface area (Å²) in [5, 5.41) is 3.22. The average Bonchev–Trinajstić information content (AvgIpc) is 3.71. The largest absolute Gasteiger partial charge is 0.399 e. The van der Waals surface area contributed by atoms with Gasteiger partial charge in [0.25, 0.3) is 0 Å². The molecule has 210 valence electrons. The van der Waals surface area contributed by atoms with E-state index in [-0.39, 0.29) is 0 Å². The quantitative estimate of drug-likeness (QED) is 0.130. The maximum atomic E-state index is 6.21. The summed E-state index contributed by atoms with van der Waals surface area (Å²) in [4.78, 5) is 36.4. The fourth-order valence-corrected chi connectivity index (χ4v) is 5.86. The zero-order chi connectivity index (χ0) is 29.7. The molecule has 3 aromatic heterocycles. The Balaban J connectivity index is 1.51. The van der Waals surface area contributed by atoms with E-state index in [1.165, 1.54) is 0 Å². The Kier molecular flexibility index (Phi) is 4.64. The van der Waals surface area contributed by atoms with Crippen LogP contribution in [0.4, 0.5) is 22.7 Å². The van der Waals surface area contributed by atoms with Crippen LogP contribution in [0.5, 0.6) is 0 Å². The maximum absolute atomic E-state index is 6.21. The number of hydrogen-bond donors (Lipinski definition) is 6. The molecule has 5 heterocycles. The van der Waals surface area contributed by atoms with E-state index >= 15 is 0 Å². The van der Waals surface area contributed by atoms with Crippen molar-refractivity contribution < 1.29 is 0 Å². The molecule has 0 unspecified atom stereocenters. The number of H-pyrrole nitrogens is 2. The van der Waals surface area contributed by atoms with E-state index in [1.54, 1.807) is 0 Å². The van der Waals surface area contributed by atoms with Crippen molar-refractivity contribution in [2.75, 3.05) is 22.9 Å². The Labute approximate surface area is 247 Å². The lowest BCUT2D eigenvalue weighted by Crippen LogP contribution is -1.88. The van der Waals surface area contributed by atoms with Gasteiger partial charge in [0, 0.05) is 66.5 Å². The third-order valence-electron chi connectivity index (χ3n) is 7.93. The molecule has 0 atom stereocenters. The fraction of sp³-hybridized carbons (Fsp3) is 0. The number of fused-ring (bicyclic) bond motifs is 20. The monoisotopic (exact) mass is 574 g/mol. The molecule has 12 nitrogen and oxygen atoms in total. The molecule has 7 aromatic rings. The van der Waals surface area contributed by atoms with E-state index in [0.717, 1.165) is 43.8 Å². The summed E-state index contributed by atoms with van der Waals surface area (Å²) in [6, 6.07) is 22.3. The summed E-state index contributed by atoms with van der Waals surface area (Å²) in [6.07, 6.45) is 0. The molecule has 8 bridgehead atoms. The second-order valence-electron chi connectivity index (χ2n) is 10.8. The molecular formula is C32H22N12. The van der Waals surface area contributed by atoms with E-state index < -0.39 is 0 Å². The SMILES string of the molecule is Nc1ccc2c(c1)-c1nc-2nc2[nH]c(nc3nc(nc4[nH]c(n1)c1ccc(N)cc41)-c1cc(N)ccc1-3)c1cc(N)ccc21. The minimum atomic E-state index is 0.447. The Morgan fingerprint density at radius 1 is 0.341 bits per heavy atom. The van der Waals surface area contributed by atoms with E-state index in [0.29, 0.717) is 68.6 Å². The van der Waals surface area contributed by atoms with Gasteiger partial charge in [-0.2, -0.15) is 0 Å². The van der Waals surface area contributed by atoms with Gasteiger partial charge < -0.3 is 32.9 Å². The highest BCUT2D eigenvalue weighted by atomic mass is 15.1. The van der Waals surface area contributed by atoms with Gasteiger partial charge >= 0.3 is 0 Å². The van der Waals surface area contributed by atoms with Crippen LogP contribution in [0.1, 0.15) is 0 Å². The highest BCUT2D eigenvalue weighted by Crippen LogP contribution is 2.38. The van der Waals surface area contributed by atoms with Gasteiger partial charge in [-0.1, -0.05) is 0 Å². The molecule has 0 aliphatic carbocycles. The molecule has 0 spiro atoms. The van der Waals surface area contributed by atoms with Crippen molar-refractivity contribution in [3.05, 3.63) is 72.8 Å². The molecule has 0 saturated carbocycles. The Hall–Kier alpha value is -6.56. The smallest absolute Gasteiger partial charge is 0.164 e. The van der Waals surface area contributed by atoms with Crippen LogP contribution in [-0.4, -0.2) is 39.9 Å². The molecule has 44 heavy (non-hydrogen) atoms.